The summed E-state index contributed by atoms with van der Waals surface area (Å²) in [5.74, 6) is -0.377. The molecule has 2 N–H and O–H groups in total. The summed E-state index contributed by atoms with van der Waals surface area (Å²) in [6.45, 7) is 10.3. The first-order valence-corrected chi connectivity index (χ1v) is 6.97. The first-order valence-electron chi connectivity index (χ1n) is 6.97. The van der Waals surface area contributed by atoms with Gasteiger partial charge in [-0.3, -0.25) is 14.9 Å². The quantitative estimate of drug-likeness (QED) is 0.489. The van der Waals surface area contributed by atoms with Crippen LogP contribution in [0.3, 0.4) is 0 Å². The van der Waals surface area contributed by atoms with Crippen LogP contribution >= 0.6 is 0 Å². The van der Waals surface area contributed by atoms with Gasteiger partial charge >= 0.3 is 0 Å². The van der Waals surface area contributed by atoms with Crippen molar-refractivity contribution in [2.75, 3.05) is 6.54 Å². The minimum absolute atomic E-state index is 0.0447. The normalized spacial score (nSPS) is 12.8. The Kier molecular flexibility index (Phi) is 8.63. The second-order valence-electron chi connectivity index (χ2n) is 5.31. The molecule has 0 fully saturated rings. The molecule has 0 saturated carbocycles. The molecule has 0 aliphatic carbocycles. The Morgan fingerprint density at radius 3 is 2.11 bits per heavy atom. The van der Waals surface area contributed by atoms with Gasteiger partial charge in [0.15, 0.2) is 5.78 Å². The van der Waals surface area contributed by atoms with Gasteiger partial charge in [-0.25, -0.2) is 0 Å². The summed E-state index contributed by atoms with van der Waals surface area (Å²) in [6.07, 6.45) is 3.18. The van der Waals surface area contributed by atoms with Gasteiger partial charge in [-0.15, -0.1) is 0 Å². The summed E-state index contributed by atoms with van der Waals surface area (Å²) >= 11 is 0. The van der Waals surface area contributed by atoms with Crippen molar-refractivity contribution in [3.8, 4) is 0 Å². The van der Waals surface area contributed by atoms with E-state index in [1.807, 2.05) is 27.7 Å². The van der Waals surface area contributed by atoms with E-state index in [0.717, 1.165) is 19.3 Å². The standard InChI is InChI=1S/C14H28N2O2/c1-6-7-8-9-15-14(18)12(16-11(4)5)13(17)10(2)3/h10-12,16H,6-9H2,1-5H3,(H,15,18). The molecule has 4 nitrogen and oxygen atoms in total. The number of ketones is 1. The number of unbranched alkanes of at least 4 members (excludes halogenated alkanes) is 2. The number of nitrogens with one attached hydrogen (secondary N) is 2. The number of hydrogen-bond acceptors (Lipinski definition) is 3. The molecule has 4 heteroatoms. The van der Waals surface area contributed by atoms with Gasteiger partial charge in [-0.05, 0) is 20.3 Å². The van der Waals surface area contributed by atoms with Crippen LogP contribution in [0.15, 0.2) is 0 Å². The van der Waals surface area contributed by atoms with Crippen LogP contribution in [-0.4, -0.2) is 30.3 Å². The van der Waals surface area contributed by atoms with E-state index < -0.39 is 6.04 Å². The first-order chi connectivity index (χ1) is 8.40. The Labute approximate surface area is 111 Å². The lowest BCUT2D eigenvalue weighted by Crippen LogP contribution is -2.52. The molecule has 0 aliphatic rings. The van der Waals surface area contributed by atoms with Crippen LogP contribution in [0.25, 0.3) is 0 Å². The fourth-order valence-electron chi connectivity index (χ4n) is 1.64. The summed E-state index contributed by atoms with van der Waals surface area (Å²) in [5, 5.41) is 5.88. The van der Waals surface area contributed by atoms with Crippen LogP contribution in [0.5, 0.6) is 0 Å². The van der Waals surface area contributed by atoms with Crippen molar-refractivity contribution in [2.45, 2.75) is 66.0 Å². The fraction of sp³-hybridized carbons (Fsp3) is 0.857. The third kappa shape index (κ3) is 6.74. The number of Topliss-reactive ketones (excluding diaryl/α,β-unsaturated/α-hetero) is 1. The average molecular weight is 256 g/mol. The van der Waals surface area contributed by atoms with E-state index in [1.54, 1.807) is 0 Å². The number of rotatable bonds is 9. The van der Waals surface area contributed by atoms with Crippen LogP contribution in [0.2, 0.25) is 0 Å². The maximum atomic E-state index is 12.0. The zero-order valence-electron chi connectivity index (χ0n) is 12.4. The monoisotopic (exact) mass is 256 g/mol. The molecule has 0 aromatic carbocycles. The summed E-state index contributed by atoms with van der Waals surface area (Å²) in [6, 6.07) is -0.606. The molecule has 18 heavy (non-hydrogen) atoms. The molecule has 106 valence electrons. The van der Waals surface area contributed by atoms with Crippen LogP contribution in [0.4, 0.5) is 0 Å². The Bertz CT molecular complexity index is 263. The van der Waals surface area contributed by atoms with Gasteiger partial charge in [0.1, 0.15) is 6.04 Å². The van der Waals surface area contributed by atoms with Gasteiger partial charge < -0.3 is 5.32 Å². The minimum Gasteiger partial charge on any atom is -0.354 e. The fourth-order valence-corrected chi connectivity index (χ4v) is 1.64. The van der Waals surface area contributed by atoms with Crippen molar-refractivity contribution in [3.05, 3.63) is 0 Å². The van der Waals surface area contributed by atoms with Crippen molar-refractivity contribution in [1.29, 1.82) is 0 Å². The summed E-state index contributed by atoms with van der Waals surface area (Å²) in [5.41, 5.74) is 0. The lowest BCUT2D eigenvalue weighted by molar-refractivity contribution is -0.133. The van der Waals surface area contributed by atoms with Crippen LogP contribution in [0.1, 0.15) is 53.9 Å². The van der Waals surface area contributed by atoms with E-state index in [2.05, 4.69) is 17.6 Å². The molecule has 0 heterocycles. The second kappa shape index (κ2) is 9.09. The van der Waals surface area contributed by atoms with Gasteiger partial charge in [0.2, 0.25) is 5.91 Å². The average Bonchev–Trinajstić information content (AvgIpc) is 2.30. The number of amides is 1. The van der Waals surface area contributed by atoms with E-state index in [-0.39, 0.29) is 23.7 Å². The predicted molar refractivity (Wildman–Crippen MR) is 74.4 cm³/mol. The van der Waals surface area contributed by atoms with E-state index in [0.29, 0.717) is 6.54 Å². The van der Waals surface area contributed by atoms with Crippen molar-refractivity contribution < 1.29 is 9.59 Å². The lowest BCUT2D eigenvalue weighted by atomic mass is 10.0. The molecule has 0 aromatic rings. The SMILES string of the molecule is CCCCCNC(=O)C(NC(C)C)C(=O)C(C)C. The summed E-state index contributed by atoms with van der Waals surface area (Å²) in [7, 11) is 0. The molecule has 0 saturated heterocycles. The molecule has 0 aromatic heterocycles. The Morgan fingerprint density at radius 2 is 1.67 bits per heavy atom. The van der Waals surface area contributed by atoms with E-state index in [1.165, 1.54) is 0 Å². The Morgan fingerprint density at radius 1 is 1.06 bits per heavy atom. The third-order valence-electron chi connectivity index (χ3n) is 2.70. The van der Waals surface area contributed by atoms with Crippen molar-refractivity contribution in [3.63, 3.8) is 0 Å². The molecule has 0 rings (SSSR count). The van der Waals surface area contributed by atoms with Crippen LogP contribution < -0.4 is 10.6 Å². The first kappa shape index (κ1) is 17.1. The highest BCUT2D eigenvalue weighted by molar-refractivity contribution is 6.06. The maximum absolute atomic E-state index is 12.0. The molecule has 1 unspecified atom stereocenters. The van der Waals surface area contributed by atoms with Gasteiger partial charge in [0, 0.05) is 18.5 Å². The second-order valence-corrected chi connectivity index (χ2v) is 5.31. The molecule has 0 spiro atoms. The number of carbonyl (C=O) groups excluding carboxylic acids is 2. The van der Waals surface area contributed by atoms with Crippen LogP contribution in [0, 0.1) is 5.92 Å². The molecule has 1 amide bonds. The molecule has 1 atom stereocenters. The zero-order valence-corrected chi connectivity index (χ0v) is 12.4. The minimum atomic E-state index is -0.716. The van der Waals surface area contributed by atoms with Gasteiger partial charge in [-0.1, -0.05) is 33.6 Å². The van der Waals surface area contributed by atoms with Gasteiger partial charge in [0.25, 0.3) is 0 Å². The lowest BCUT2D eigenvalue weighted by Gasteiger charge is -2.21. The summed E-state index contributed by atoms with van der Waals surface area (Å²) in [4.78, 5) is 24.0. The van der Waals surface area contributed by atoms with Crippen LogP contribution in [-0.2, 0) is 9.59 Å². The third-order valence-corrected chi connectivity index (χ3v) is 2.70. The van der Waals surface area contributed by atoms with Gasteiger partial charge in [0.05, 0.1) is 0 Å². The summed E-state index contributed by atoms with van der Waals surface area (Å²) < 4.78 is 0. The Balaban J connectivity index is 4.36. The van der Waals surface area contributed by atoms with Crippen molar-refractivity contribution >= 4 is 11.7 Å². The number of hydrogen-bond donors (Lipinski definition) is 2. The maximum Gasteiger partial charge on any atom is 0.244 e. The van der Waals surface area contributed by atoms with E-state index in [9.17, 15) is 9.59 Å². The highest BCUT2D eigenvalue weighted by Crippen LogP contribution is 2.02. The molecule has 0 bridgehead atoms. The Hall–Kier alpha value is -0.900. The molecular formula is C14H28N2O2. The molecule has 0 radical (unpaired) electrons. The predicted octanol–water partition coefficient (Wildman–Crippen LogP) is 1.88. The highest BCUT2D eigenvalue weighted by atomic mass is 16.2. The largest absolute Gasteiger partial charge is 0.354 e. The molecule has 0 aliphatic heterocycles. The van der Waals surface area contributed by atoms with Crippen molar-refractivity contribution in [1.82, 2.24) is 10.6 Å². The van der Waals surface area contributed by atoms with Gasteiger partial charge in [-0.2, -0.15) is 0 Å². The smallest absolute Gasteiger partial charge is 0.244 e. The number of carbonyl (C=O) groups is 2. The topological polar surface area (TPSA) is 58.2 Å². The van der Waals surface area contributed by atoms with Crippen molar-refractivity contribution in [2.24, 2.45) is 5.92 Å². The highest BCUT2D eigenvalue weighted by Gasteiger charge is 2.28. The molecular weight excluding hydrogens is 228 g/mol. The van der Waals surface area contributed by atoms with E-state index in [4.69, 9.17) is 0 Å². The zero-order chi connectivity index (χ0) is 14.1. The van der Waals surface area contributed by atoms with E-state index >= 15 is 0 Å².